The molecule has 150 valence electrons. The van der Waals surface area contributed by atoms with Gasteiger partial charge in [-0.05, 0) is 48.5 Å². The molecule has 0 spiro atoms. The van der Waals surface area contributed by atoms with Crippen LogP contribution in [-0.2, 0) is 4.79 Å². The number of rotatable bonds is 7. The SMILES string of the molecule is COc1ccc(NC(=O)COc2cccc(-c3noc(-c4ccccc4)n3)c2)cc1. The van der Waals surface area contributed by atoms with Crippen LogP contribution in [0.15, 0.2) is 83.4 Å². The summed E-state index contributed by atoms with van der Waals surface area (Å²) in [7, 11) is 1.59. The smallest absolute Gasteiger partial charge is 0.262 e. The van der Waals surface area contributed by atoms with Crippen LogP contribution in [0.1, 0.15) is 0 Å². The van der Waals surface area contributed by atoms with Gasteiger partial charge in [0.05, 0.1) is 7.11 Å². The number of hydrogen-bond donors (Lipinski definition) is 1. The van der Waals surface area contributed by atoms with Crippen molar-refractivity contribution in [2.45, 2.75) is 0 Å². The molecular formula is C23H19N3O4. The zero-order valence-corrected chi connectivity index (χ0v) is 16.2. The lowest BCUT2D eigenvalue weighted by molar-refractivity contribution is -0.118. The second-order valence-electron chi connectivity index (χ2n) is 6.38. The molecule has 1 heterocycles. The molecule has 0 saturated heterocycles. The van der Waals surface area contributed by atoms with Gasteiger partial charge in [-0.3, -0.25) is 4.79 Å². The molecule has 0 aliphatic rings. The van der Waals surface area contributed by atoms with Crippen LogP contribution in [0.5, 0.6) is 11.5 Å². The summed E-state index contributed by atoms with van der Waals surface area (Å²) in [5, 5.41) is 6.81. The number of methoxy groups -OCH3 is 1. The molecular weight excluding hydrogens is 382 g/mol. The summed E-state index contributed by atoms with van der Waals surface area (Å²) in [4.78, 5) is 16.6. The standard InChI is InChI=1S/C23H19N3O4/c1-28-19-12-10-18(11-13-19)24-21(27)15-29-20-9-5-8-17(14-20)22-25-23(30-26-22)16-6-3-2-4-7-16/h2-14H,15H2,1H3,(H,24,27). The van der Waals surface area contributed by atoms with Crippen LogP contribution in [0.4, 0.5) is 5.69 Å². The number of nitrogens with zero attached hydrogens (tertiary/aromatic N) is 2. The fourth-order valence-corrected chi connectivity index (χ4v) is 2.78. The highest BCUT2D eigenvalue weighted by molar-refractivity contribution is 5.91. The molecule has 0 radical (unpaired) electrons. The maximum atomic E-state index is 12.1. The average molecular weight is 401 g/mol. The van der Waals surface area contributed by atoms with E-state index in [1.165, 1.54) is 0 Å². The van der Waals surface area contributed by atoms with Crippen LogP contribution in [-0.4, -0.2) is 29.8 Å². The predicted octanol–water partition coefficient (Wildman–Crippen LogP) is 4.43. The van der Waals surface area contributed by atoms with Crippen molar-refractivity contribution >= 4 is 11.6 Å². The summed E-state index contributed by atoms with van der Waals surface area (Å²) in [5.41, 5.74) is 2.24. The zero-order valence-electron chi connectivity index (χ0n) is 16.2. The van der Waals surface area contributed by atoms with Gasteiger partial charge in [-0.25, -0.2) is 0 Å². The van der Waals surface area contributed by atoms with Crippen molar-refractivity contribution in [1.29, 1.82) is 0 Å². The number of benzene rings is 3. The number of carbonyl (C=O) groups excluding carboxylic acids is 1. The lowest BCUT2D eigenvalue weighted by Crippen LogP contribution is -2.20. The first kappa shape index (κ1) is 19.2. The van der Waals surface area contributed by atoms with Crippen molar-refractivity contribution in [3.05, 3.63) is 78.9 Å². The van der Waals surface area contributed by atoms with Gasteiger partial charge < -0.3 is 19.3 Å². The minimum absolute atomic E-state index is 0.128. The topological polar surface area (TPSA) is 86.5 Å². The van der Waals surface area contributed by atoms with Gasteiger partial charge in [0.15, 0.2) is 6.61 Å². The van der Waals surface area contributed by atoms with Crippen LogP contribution < -0.4 is 14.8 Å². The average Bonchev–Trinajstić information content (AvgIpc) is 3.30. The highest BCUT2D eigenvalue weighted by Gasteiger charge is 2.11. The Morgan fingerprint density at radius 2 is 1.70 bits per heavy atom. The fourth-order valence-electron chi connectivity index (χ4n) is 2.78. The highest BCUT2D eigenvalue weighted by Crippen LogP contribution is 2.25. The lowest BCUT2D eigenvalue weighted by Gasteiger charge is -2.08. The van der Waals surface area contributed by atoms with Gasteiger partial charge >= 0.3 is 0 Å². The van der Waals surface area contributed by atoms with E-state index in [0.29, 0.717) is 23.2 Å². The number of hydrogen-bond acceptors (Lipinski definition) is 6. The van der Waals surface area contributed by atoms with E-state index >= 15 is 0 Å². The van der Waals surface area contributed by atoms with E-state index in [1.807, 2.05) is 42.5 Å². The third kappa shape index (κ3) is 4.64. The third-order valence-corrected chi connectivity index (χ3v) is 4.28. The molecule has 30 heavy (non-hydrogen) atoms. The van der Waals surface area contributed by atoms with E-state index in [9.17, 15) is 4.79 Å². The van der Waals surface area contributed by atoms with Crippen molar-refractivity contribution in [2.24, 2.45) is 0 Å². The number of aromatic nitrogens is 2. The van der Waals surface area contributed by atoms with Crippen LogP contribution in [0, 0.1) is 0 Å². The summed E-state index contributed by atoms with van der Waals surface area (Å²) in [6.45, 7) is -0.128. The van der Waals surface area contributed by atoms with Crippen molar-refractivity contribution in [1.82, 2.24) is 10.1 Å². The molecule has 0 aliphatic carbocycles. The van der Waals surface area contributed by atoms with Crippen molar-refractivity contribution in [3.63, 3.8) is 0 Å². The molecule has 1 N–H and O–H groups in total. The Morgan fingerprint density at radius 3 is 2.47 bits per heavy atom. The number of carbonyl (C=O) groups is 1. The van der Waals surface area contributed by atoms with Gasteiger partial charge in [0.2, 0.25) is 5.82 Å². The Labute approximate surface area is 173 Å². The number of nitrogens with one attached hydrogen (secondary N) is 1. The van der Waals surface area contributed by atoms with Crippen LogP contribution >= 0.6 is 0 Å². The Morgan fingerprint density at radius 1 is 0.933 bits per heavy atom. The van der Waals surface area contributed by atoms with E-state index < -0.39 is 0 Å². The van der Waals surface area contributed by atoms with Crippen LogP contribution in [0.2, 0.25) is 0 Å². The minimum Gasteiger partial charge on any atom is -0.497 e. The molecule has 0 fully saturated rings. The van der Waals surface area contributed by atoms with Gasteiger partial charge in [0.25, 0.3) is 11.8 Å². The summed E-state index contributed by atoms with van der Waals surface area (Å²) in [6, 6.07) is 23.8. The van der Waals surface area contributed by atoms with Crippen molar-refractivity contribution in [2.75, 3.05) is 19.0 Å². The largest absolute Gasteiger partial charge is 0.497 e. The summed E-state index contributed by atoms with van der Waals surface area (Å²) in [6.07, 6.45) is 0. The van der Waals surface area contributed by atoms with E-state index in [1.54, 1.807) is 43.5 Å². The lowest BCUT2D eigenvalue weighted by atomic mass is 10.2. The molecule has 7 heteroatoms. The molecule has 4 aromatic rings. The number of ether oxygens (including phenoxy) is 2. The van der Waals surface area contributed by atoms with Gasteiger partial charge in [-0.15, -0.1) is 0 Å². The van der Waals surface area contributed by atoms with Crippen LogP contribution in [0.25, 0.3) is 22.8 Å². The Hall–Kier alpha value is -4.13. The number of amides is 1. The van der Waals surface area contributed by atoms with Gasteiger partial charge in [0, 0.05) is 16.8 Å². The molecule has 0 saturated carbocycles. The second-order valence-corrected chi connectivity index (χ2v) is 6.38. The minimum atomic E-state index is -0.267. The van der Waals surface area contributed by atoms with E-state index in [4.69, 9.17) is 14.0 Å². The summed E-state index contributed by atoms with van der Waals surface area (Å²) < 4.78 is 16.1. The first-order valence-electron chi connectivity index (χ1n) is 9.27. The maximum Gasteiger partial charge on any atom is 0.262 e. The maximum absolute atomic E-state index is 12.1. The predicted molar refractivity (Wildman–Crippen MR) is 112 cm³/mol. The normalized spacial score (nSPS) is 10.4. The monoisotopic (exact) mass is 401 g/mol. The Balaban J connectivity index is 1.39. The van der Waals surface area contributed by atoms with Crippen molar-refractivity contribution < 1.29 is 18.8 Å². The van der Waals surface area contributed by atoms with Gasteiger partial charge in [-0.2, -0.15) is 4.98 Å². The molecule has 0 bridgehead atoms. The first-order chi connectivity index (χ1) is 14.7. The Kier molecular flexibility index (Phi) is 5.70. The molecule has 1 amide bonds. The summed E-state index contributed by atoms with van der Waals surface area (Å²) >= 11 is 0. The van der Waals surface area contributed by atoms with E-state index in [0.717, 1.165) is 16.9 Å². The molecule has 1 aromatic heterocycles. The zero-order chi connectivity index (χ0) is 20.8. The van der Waals surface area contributed by atoms with E-state index in [2.05, 4.69) is 15.5 Å². The quantitative estimate of drug-likeness (QED) is 0.493. The fraction of sp³-hybridized carbons (Fsp3) is 0.0870. The summed E-state index contributed by atoms with van der Waals surface area (Å²) in [5.74, 6) is 1.87. The molecule has 7 nitrogen and oxygen atoms in total. The second kappa shape index (κ2) is 8.91. The molecule has 0 atom stereocenters. The van der Waals surface area contributed by atoms with E-state index in [-0.39, 0.29) is 12.5 Å². The number of anilines is 1. The third-order valence-electron chi connectivity index (χ3n) is 4.28. The van der Waals surface area contributed by atoms with Crippen molar-refractivity contribution in [3.8, 4) is 34.3 Å². The van der Waals surface area contributed by atoms with Gasteiger partial charge in [-0.1, -0.05) is 35.5 Å². The highest BCUT2D eigenvalue weighted by atomic mass is 16.5. The molecule has 3 aromatic carbocycles. The first-order valence-corrected chi connectivity index (χ1v) is 9.27. The van der Waals surface area contributed by atoms with Crippen LogP contribution in [0.3, 0.4) is 0 Å². The molecule has 0 unspecified atom stereocenters. The molecule has 0 aliphatic heterocycles. The van der Waals surface area contributed by atoms with Gasteiger partial charge in [0.1, 0.15) is 11.5 Å². The Bertz CT molecular complexity index is 1120. The molecule has 4 rings (SSSR count).